The zero-order valence-corrected chi connectivity index (χ0v) is 13.2. The van der Waals surface area contributed by atoms with Crippen LogP contribution in [0.25, 0.3) is 0 Å². The summed E-state index contributed by atoms with van der Waals surface area (Å²) in [6.07, 6.45) is 0. The van der Waals surface area contributed by atoms with Gasteiger partial charge in [0.2, 0.25) is 0 Å². The van der Waals surface area contributed by atoms with Crippen LogP contribution in [0.3, 0.4) is 0 Å². The molecule has 100 valence electrons. The van der Waals surface area contributed by atoms with Crippen LogP contribution < -0.4 is 4.74 Å². The number of nitriles is 1. The molecule has 0 fully saturated rings. The smallest absolute Gasteiger partial charge is 0.200 e. The number of carbonyl (C=O) groups excluding carboxylic acids is 1. The second-order valence-corrected chi connectivity index (χ2v) is 5.63. The predicted octanol–water partition coefficient (Wildman–Crippen LogP) is 4.08. The first-order valence-electron chi connectivity index (χ1n) is 5.71. The van der Waals surface area contributed by atoms with E-state index >= 15 is 0 Å². The van der Waals surface area contributed by atoms with Crippen molar-refractivity contribution in [2.24, 2.45) is 0 Å². The summed E-state index contributed by atoms with van der Waals surface area (Å²) in [7, 11) is 0. The minimum atomic E-state index is -0.109. The number of carbonyl (C=O) groups is 1. The van der Waals surface area contributed by atoms with Crippen LogP contribution in [0, 0.1) is 14.9 Å². The SMILES string of the molecule is N#Cc1ccc(OCC(=O)c2ccc(I)cc2)cc1Cl. The maximum atomic E-state index is 11.9. The predicted molar refractivity (Wildman–Crippen MR) is 85.2 cm³/mol. The van der Waals surface area contributed by atoms with Gasteiger partial charge in [0.25, 0.3) is 0 Å². The largest absolute Gasteiger partial charge is 0.485 e. The van der Waals surface area contributed by atoms with Crippen LogP contribution in [0.15, 0.2) is 42.5 Å². The van der Waals surface area contributed by atoms with Crippen LogP contribution in [-0.4, -0.2) is 12.4 Å². The maximum Gasteiger partial charge on any atom is 0.200 e. The molecule has 0 aromatic heterocycles. The molecule has 0 radical (unpaired) electrons. The molecule has 20 heavy (non-hydrogen) atoms. The second kappa shape index (κ2) is 6.73. The summed E-state index contributed by atoms with van der Waals surface area (Å²) in [5, 5.41) is 9.08. The number of hydrogen-bond acceptors (Lipinski definition) is 3. The molecule has 3 nitrogen and oxygen atoms in total. The lowest BCUT2D eigenvalue weighted by molar-refractivity contribution is 0.0921. The summed E-state index contributed by atoms with van der Waals surface area (Å²) in [6, 6.07) is 13.9. The number of ether oxygens (including phenoxy) is 1. The Morgan fingerprint density at radius 3 is 2.55 bits per heavy atom. The Hall–Kier alpha value is -1.58. The molecular weight excluding hydrogens is 389 g/mol. The van der Waals surface area contributed by atoms with E-state index in [1.807, 2.05) is 18.2 Å². The number of ketones is 1. The van der Waals surface area contributed by atoms with Gasteiger partial charge in [0.1, 0.15) is 11.8 Å². The fourth-order valence-corrected chi connectivity index (χ4v) is 2.12. The van der Waals surface area contributed by atoms with Crippen molar-refractivity contribution in [1.82, 2.24) is 0 Å². The second-order valence-electron chi connectivity index (χ2n) is 3.97. The number of nitrogens with zero attached hydrogens (tertiary/aromatic N) is 1. The van der Waals surface area contributed by atoms with Crippen LogP contribution in [0.2, 0.25) is 5.02 Å². The molecule has 0 N–H and O–H groups in total. The zero-order valence-electron chi connectivity index (χ0n) is 10.3. The summed E-state index contributed by atoms with van der Waals surface area (Å²) in [5.74, 6) is 0.356. The summed E-state index contributed by atoms with van der Waals surface area (Å²) in [4.78, 5) is 11.9. The van der Waals surface area contributed by atoms with E-state index in [1.165, 1.54) is 6.07 Å². The van der Waals surface area contributed by atoms with E-state index in [2.05, 4.69) is 22.6 Å². The zero-order chi connectivity index (χ0) is 14.5. The van der Waals surface area contributed by atoms with Gasteiger partial charge >= 0.3 is 0 Å². The Morgan fingerprint density at radius 1 is 1.25 bits per heavy atom. The first-order chi connectivity index (χ1) is 9.60. The topological polar surface area (TPSA) is 50.1 Å². The Bertz CT molecular complexity index is 677. The average molecular weight is 398 g/mol. The lowest BCUT2D eigenvalue weighted by Crippen LogP contribution is -2.11. The summed E-state index contributed by atoms with van der Waals surface area (Å²) >= 11 is 8.07. The molecule has 0 saturated heterocycles. The van der Waals surface area contributed by atoms with E-state index in [1.54, 1.807) is 24.3 Å². The van der Waals surface area contributed by atoms with Crippen molar-refractivity contribution >= 4 is 40.0 Å². The molecule has 0 amide bonds. The highest BCUT2D eigenvalue weighted by Crippen LogP contribution is 2.22. The maximum absolute atomic E-state index is 11.9. The molecule has 2 rings (SSSR count). The van der Waals surface area contributed by atoms with E-state index in [-0.39, 0.29) is 12.4 Å². The van der Waals surface area contributed by atoms with E-state index in [0.29, 0.717) is 21.9 Å². The molecule has 0 unspecified atom stereocenters. The third-order valence-electron chi connectivity index (χ3n) is 2.60. The first-order valence-corrected chi connectivity index (χ1v) is 7.17. The summed E-state index contributed by atoms with van der Waals surface area (Å²) in [6.45, 7) is -0.0666. The molecule has 0 aliphatic heterocycles. The van der Waals surface area contributed by atoms with Crippen molar-refractivity contribution in [2.45, 2.75) is 0 Å². The van der Waals surface area contributed by atoms with E-state index in [0.717, 1.165) is 3.57 Å². The van der Waals surface area contributed by atoms with Crippen molar-refractivity contribution in [3.63, 3.8) is 0 Å². The van der Waals surface area contributed by atoms with E-state index < -0.39 is 0 Å². The fraction of sp³-hybridized carbons (Fsp3) is 0.0667. The summed E-state index contributed by atoms with van der Waals surface area (Å²) < 4.78 is 6.46. The number of halogens is 2. The van der Waals surface area contributed by atoms with Gasteiger partial charge in [-0.25, -0.2) is 0 Å². The quantitative estimate of drug-likeness (QED) is 0.577. The van der Waals surface area contributed by atoms with Gasteiger partial charge in [0.15, 0.2) is 12.4 Å². The molecule has 2 aromatic carbocycles. The van der Waals surface area contributed by atoms with Gasteiger partial charge in [-0.2, -0.15) is 5.26 Å². The highest BCUT2D eigenvalue weighted by atomic mass is 127. The normalized spacial score (nSPS) is 9.85. The van der Waals surface area contributed by atoms with Gasteiger partial charge in [-0.1, -0.05) is 23.7 Å². The van der Waals surface area contributed by atoms with Crippen molar-refractivity contribution in [2.75, 3.05) is 6.61 Å². The van der Waals surface area contributed by atoms with Gasteiger partial charge in [-0.3, -0.25) is 4.79 Å². The average Bonchev–Trinajstić information content (AvgIpc) is 2.45. The van der Waals surface area contributed by atoms with Gasteiger partial charge < -0.3 is 4.74 Å². The van der Waals surface area contributed by atoms with Crippen molar-refractivity contribution in [3.05, 3.63) is 62.2 Å². The van der Waals surface area contributed by atoms with E-state index in [4.69, 9.17) is 21.6 Å². The third-order valence-corrected chi connectivity index (χ3v) is 3.63. The molecular formula is C15H9ClINO2. The minimum absolute atomic E-state index is 0.0666. The van der Waals surface area contributed by atoms with Gasteiger partial charge in [0, 0.05) is 15.2 Å². The Labute approximate surface area is 135 Å². The number of benzene rings is 2. The molecule has 5 heteroatoms. The van der Waals surface area contributed by atoms with Crippen LogP contribution >= 0.6 is 34.2 Å². The van der Waals surface area contributed by atoms with Gasteiger partial charge in [0.05, 0.1) is 10.6 Å². The molecule has 0 aliphatic carbocycles. The Kier molecular flexibility index (Phi) is 4.99. The van der Waals surface area contributed by atoms with Crippen molar-refractivity contribution in [1.29, 1.82) is 5.26 Å². The monoisotopic (exact) mass is 397 g/mol. The number of rotatable bonds is 4. The lowest BCUT2D eigenvalue weighted by Gasteiger charge is -2.06. The highest BCUT2D eigenvalue weighted by molar-refractivity contribution is 14.1. The molecule has 0 bridgehead atoms. The first kappa shape index (κ1) is 14.8. The Balaban J connectivity index is 2.02. The number of hydrogen-bond donors (Lipinski definition) is 0. The Morgan fingerprint density at radius 2 is 1.95 bits per heavy atom. The molecule has 2 aromatic rings. The summed E-state index contributed by atoms with van der Waals surface area (Å²) in [5.41, 5.74) is 0.980. The molecule has 0 heterocycles. The standard InChI is InChI=1S/C15H9ClINO2/c16-14-7-13(6-3-11(14)8-18)20-9-15(19)10-1-4-12(17)5-2-10/h1-7H,9H2. The highest BCUT2D eigenvalue weighted by Gasteiger charge is 2.08. The molecule has 0 spiro atoms. The van der Waals surface area contributed by atoms with Crippen molar-refractivity contribution in [3.8, 4) is 11.8 Å². The lowest BCUT2D eigenvalue weighted by atomic mass is 10.1. The minimum Gasteiger partial charge on any atom is -0.485 e. The van der Waals surface area contributed by atoms with Gasteiger partial charge in [-0.15, -0.1) is 0 Å². The fourth-order valence-electron chi connectivity index (χ4n) is 1.54. The third kappa shape index (κ3) is 3.71. The molecule has 0 atom stereocenters. The van der Waals surface area contributed by atoms with Crippen LogP contribution in [-0.2, 0) is 0 Å². The molecule has 0 aliphatic rings. The van der Waals surface area contributed by atoms with E-state index in [9.17, 15) is 4.79 Å². The number of Topliss-reactive ketones (excluding diaryl/α,β-unsaturated/α-hetero) is 1. The van der Waals surface area contributed by atoms with Crippen molar-refractivity contribution < 1.29 is 9.53 Å². The molecule has 0 saturated carbocycles. The van der Waals surface area contributed by atoms with Crippen LogP contribution in [0.1, 0.15) is 15.9 Å². The van der Waals surface area contributed by atoms with Gasteiger partial charge in [-0.05, 0) is 46.9 Å². The van der Waals surface area contributed by atoms with Crippen LogP contribution in [0.4, 0.5) is 0 Å². The van der Waals surface area contributed by atoms with Crippen LogP contribution in [0.5, 0.6) is 5.75 Å².